The Morgan fingerprint density at radius 1 is 1.30 bits per heavy atom. The summed E-state index contributed by atoms with van der Waals surface area (Å²) in [6, 6.07) is 5.71. The van der Waals surface area contributed by atoms with Crippen LogP contribution in [0.5, 0.6) is 0 Å². The maximum Gasteiger partial charge on any atom is 0.144 e. The highest BCUT2D eigenvalue weighted by Gasteiger charge is 2.36. The average Bonchev–Trinajstić information content (AvgIpc) is 2.41. The summed E-state index contributed by atoms with van der Waals surface area (Å²) in [5.41, 5.74) is 1.03. The minimum atomic E-state index is -0.687. The summed E-state index contributed by atoms with van der Waals surface area (Å²) in [7, 11) is 0. The van der Waals surface area contributed by atoms with Crippen LogP contribution in [-0.4, -0.2) is 22.2 Å². The molecule has 2 rings (SSSR count). The van der Waals surface area contributed by atoms with Crippen LogP contribution in [0.4, 0.5) is 5.82 Å². The van der Waals surface area contributed by atoms with Gasteiger partial charge in [0.05, 0.1) is 11.2 Å². The van der Waals surface area contributed by atoms with Crippen LogP contribution < -0.4 is 5.32 Å². The number of aliphatic hydroxyl groups is 1. The first-order valence-corrected chi connectivity index (χ1v) is 7.18. The van der Waals surface area contributed by atoms with Crippen LogP contribution in [-0.2, 0) is 0 Å². The molecule has 108 valence electrons. The third-order valence-corrected chi connectivity index (χ3v) is 4.27. The summed E-state index contributed by atoms with van der Waals surface area (Å²) in [6.45, 7) is 6.84. The Balaban J connectivity index is 2.02. The van der Waals surface area contributed by atoms with Crippen molar-refractivity contribution in [3.63, 3.8) is 0 Å². The van der Waals surface area contributed by atoms with Gasteiger partial charge < -0.3 is 10.4 Å². The molecule has 0 unspecified atom stereocenters. The van der Waals surface area contributed by atoms with Gasteiger partial charge in [-0.2, -0.15) is 5.26 Å². The Hall–Kier alpha value is -1.60. The fourth-order valence-corrected chi connectivity index (χ4v) is 2.60. The third kappa shape index (κ3) is 3.49. The Kier molecular flexibility index (Phi) is 4.01. The van der Waals surface area contributed by atoms with Crippen LogP contribution >= 0.6 is 0 Å². The van der Waals surface area contributed by atoms with Crippen molar-refractivity contribution in [2.24, 2.45) is 5.41 Å². The van der Waals surface area contributed by atoms with E-state index in [2.05, 4.69) is 30.2 Å². The number of hydrogen-bond acceptors (Lipinski definition) is 4. The van der Waals surface area contributed by atoms with Crippen LogP contribution in [0.2, 0.25) is 0 Å². The number of nitriles is 1. The predicted octanol–water partition coefficient (Wildman–Crippen LogP) is 3.00. The van der Waals surface area contributed by atoms with Gasteiger partial charge >= 0.3 is 0 Å². The maximum atomic E-state index is 10.6. The number of anilines is 1. The molecule has 0 aromatic carbocycles. The minimum absolute atomic E-state index is 0.325. The standard InChI is InChI=1S/C16H23N3O/c1-12-4-5-13(10-17)14(19-12)18-11-16(20)8-6-15(2,3)7-9-16/h4-5,20H,6-9,11H2,1-3H3,(H,18,19). The molecule has 0 amide bonds. The summed E-state index contributed by atoms with van der Waals surface area (Å²) in [4.78, 5) is 4.34. The van der Waals surface area contributed by atoms with Gasteiger partial charge in [0.2, 0.25) is 0 Å². The van der Waals surface area contributed by atoms with E-state index < -0.39 is 5.60 Å². The van der Waals surface area contributed by atoms with Crippen LogP contribution in [0.1, 0.15) is 50.8 Å². The van der Waals surface area contributed by atoms with Gasteiger partial charge in [0, 0.05) is 12.2 Å². The first-order valence-electron chi connectivity index (χ1n) is 7.18. The van der Waals surface area contributed by atoms with Crippen molar-refractivity contribution in [3.05, 3.63) is 23.4 Å². The highest BCUT2D eigenvalue weighted by atomic mass is 16.3. The summed E-state index contributed by atoms with van der Waals surface area (Å²) in [5, 5.41) is 22.9. The zero-order chi connectivity index (χ0) is 14.8. The van der Waals surface area contributed by atoms with Gasteiger partial charge in [0.1, 0.15) is 11.9 Å². The number of nitrogens with one attached hydrogen (secondary N) is 1. The van der Waals surface area contributed by atoms with Crippen LogP contribution in [0, 0.1) is 23.7 Å². The second-order valence-electron chi connectivity index (χ2n) is 6.70. The largest absolute Gasteiger partial charge is 0.388 e. The molecule has 4 nitrogen and oxygen atoms in total. The van der Waals surface area contributed by atoms with Crippen LogP contribution in [0.25, 0.3) is 0 Å². The molecule has 1 fully saturated rings. The second-order valence-corrected chi connectivity index (χ2v) is 6.70. The number of aromatic nitrogens is 1. The van der Waals surface area contributed by atoms with Crippen molar-refractivity contribution in [2.45, 2.75) is 52.1 Å². The van der Waals surface area contributed by atoms with Gasteiger partial charge in [-0.15, -0.1) is 0 Å². The first kappa shape index (κ1) is 14.8. The van der Waals surface area contributed by atoms with Gasteiger partial charge in [-0.3, -0.25) is 0 Å². The van der Waals surface area contributed by atoms with Gasteiger partial charge in [-0.1, -0.05) is 13.8 Å². The van der Waals surface area contributed by atoms with Crippen molar-refractivity contribution in [1.29, 1.82) is 5.26 Å². The Labute approximate surface area is 120 Å². The molecule has 0 bridgehead atoms. The van der Waals surface area contributed by atoms with E-state index in [9.17, 15) is 5.11 Å². The summed E-state index contributed by atoms with van der Waals surface area (Å²) in [6.07, 6.45) is 3.64. The van der Waals surface area contributed by atoms with Crippen LogP contribution in [0.3, 0.4) is 0 Å². The summed E-state index contributed by atoms with van der Waals surface area (Å²) in [5.74, 6) is 0.575. The fourth-order valence-electron chi connectivity index (χ4n) is 2.60. The molecule has 0 saturated heterocycles. The molecule has 1 aromatic rings. The second kappa shape index (κ2) is 5.41. The molecule has 0 atom stereocenters. The average molecular weight is 273 g/mol. The molecule has 2 N–H and O–H groups in total. The van der Waals surface area contributed by atoms with E-state index in [-0.39, 0.29) is 0 Å². The van der Waals surface area contributed by atoms with E-state index in [1.165, 1.54) is 0 Å². The molecule has 1 saturated carbocycles. The van der Waals surface area contributed by atoms with E-state index in [1.54, 1.807) is 6.07 Å². The highest BCUT2D eigenvalue weighted by molar-refractivity contribution is 5.52. The van der Waals surface area contributed by atoms with Crippen molar-refractivity contribution in [2.75, 3.05) is 11.9 Å². The van der Waals surface area contributed by atoms with E-state index in [0.29, 0.717) is 23.3 Å². The maximum absolute atomic E-state index is 10.6. The molecule has 0 aliphatic heterocycles. The highest BCUT2D eigenvalue weighted by Crippen LogP contribution is 2.40. The number of hydrogen-bond donors (Lipinski definition) is 2. The third-order valence-electron chi connectivity index (χ3n) is 4.27. The van der Waals surface area contributed by atoms with E-state index in [0.717, 1.165) is 31.4 Å². The van der Waals surface area contributed by atoms with Gasteiger partial charge in [-0.25, -0.2) is 4.98 Å². The quantitative estimate of drug-likeness (QED) is 0.888. The lowest BCUT2D eigenvalue weighted by molar-refractivity contribution is -0.0145. The lowest BCUT2D eigenvalue weighted by Crippen LogP contribution is -2.42. The number of pyridine rings is 1. The van der Waals surface area contributed by atoms with Gasteiger partial charge in [0.25, 0.3) is 0 Å². The molecule has 0 radical (unpaired) electrons. The Morgan fingerprint density at radius 3 is 2.55 bits per heavy atom. The number of aryl methyl sites for hydroxylation is 1. The van der Waals surface area contributed by atoms with Crippen molar-refractivity contribution >= 4 is 5.82 Å². The zero-order valence-electron chi connectivity index (χ0n) is 12.5. The fraction of sp³-hybridized carbons (Fsp3) is 0.625. The van der Waals surface area contributed by atoms with E-state index in [1.807, 2.05) is 13.0 Å². The normalized spacial score (nSPS) is 20.1. The Morgan fingerprint density at radius 2 is 1.95 bits per heavy atom. The molecule has 20 heavy (non-hydrogen) atoms. The molecular weight excluding hydrogens is 250 g/mol. The molecule has 1 aliphatic carbocycles. The lowest BCUT2D eigenvalue weighted by Gasteiger charge is -2.40. The van der Waals surface area contributed by atoms with Gasteiger partial charge in [0.15, 0.2) is 0 Å². The summed E-state index contributed by atoms with van der Waals surface area (Å²) >= 11 is 0. The van der Waals surface area contributed by atoms with Crippen LogP contribution in [0.15, 0.2) is 12.1 Å². The smallest absolute Gasteiger partial charge is 0.144 e. The van der Waals surface area contributed by atoms with E-state index in [4.69, 9.17) is 5.26 Å². The SMILES string of the molecule is Cc1ccc(C#N)c(NCC2(O)CCC(C)(C)CC2)n1. The number of nitrogens with zero attached hydrogens (tertiary/aromatic N) is 2. The molecule has 0 spiro atoms. The summed E-state index contributed by atoms with van der Waals surface area (Å²) < 4.78 is 0. The monoisotopic (exact) mass is 273 g/mol. The minimum Gasteiger partial charge on any atom is -0.388 e. The molecule has 4 heteroatoms. The Bertz CT molecular complexity index is 521. The zero-order valence-corrected chi connectivity index (χ0v) is 12.5. The van der Waals surface area contributed by atoms with Crippen molar-refractivity contribution < 1.29 is 5.11 Å². The van der Waals surface area contributed by atoms with Gasteiger partial charge in [-0.05, 0) is 50.2 Å². The molecular formula is C16H23N3O. The topological polar surface area (TPSA) is 68.9 Å². The molecule has 1 aliphatic rings. The number of rotatable bonds is 3. The first-order chi connectivity index (χ1) is 9.34. The van der Waals surface area contributed by atoms with Crippen molar-refractivity contribution in [1.82, 2.24) is 4.98 Å². The molecule has 1 heterocycles. The predicted molar refractivity (Wildman–Crippen MR) is 79.4 cm³/mol. The molecule has 1 aromatic heterocycles. The van der Waals surface area contributed by atoms with Crippen molar-refractivity contribution in [3.8, 4) is 6.07 Å². The lowest BCUT2D eigenvalue weighted by atomic mass is 9.71. The van der Waals surface area contributed by atoms with E-state index >= 15 is 0 Å².